The molecule has 6 heteroatoms. The number of para-hydroxylation sites is 1. The second-order valence-corrected chi connectivity index (χ2v) is 5.97. The zero-order valence-corrected chi connectivity index (χ0v) is 12.6. The van der Waals surface area contributed by atoms with Crippen LogP contribution in [0.5, 0.6) is 0 Å². The monoisotopic (exact) mass is 301 g/mol. The number of rotatable bonds is 4. The number of aryl methyl sites for hydroxylation is 1. The van der Waals surface area contributed by atoms with Crippen LogP contribution in [0.4, 0.5) is 0 Å². The number of thiazole rings is 1. The van der Waals surface area contributed by atoms with E-state index in [1.54, 1.807) is 29.8 Å². The molecule has 0 amide bonds. The number of hydrogen-bond donors (Lipinski definition) is 1. The molecule has 0 bridgehead atoms. The average molecular weight is 301 g/mol. The lowest BCUT2D eigenvalue weighted by Crippen LogP contribution is -2.05. The molecule has 3 rings (SSSR count). The van der Waals surface area contributed by atoms with Crippen molar-refractivity contribution in [2.45, 2.75) is 26.3 Å². The normalized spacial score (nSPS) is 12.7. The SMILES string of the molecule is CCc1cnc(C(C)n2cnc3c(C(=O)O)cccc32)s1. The number of hydrogen-bond acceptors (Lipinski definition) is 4. The maximum absolute atomic E-state index is 11.2. The van der Waals surface area contributed by atoms with Gasteiger partial charge in [-0.2, -0.15) is 0 Å². The van der Waals surface area contributed by atoms with E-state index in [4.69, 9.17) is 0 Å². The highest BCUT2D eigenvalue weighted by Gasteiger charge is 2.18. The maximum Gasteiger partial charge on any atom is 0.337 e. The van der Waals surface area contributed by atoms with E-state index in [0.717, 1.165) is 16.9 Å². The summed E-state index contributed by atoms with van der Waals surface area (Å²) in [5, 5.41) is 10.2. The summed E-state index contributed by atoms with van der Waals surface area (Å²) in [7, 11) is 0. The lowest BCUT2D eigenvalue weighted by Gasteiger charge is -2.11. The van der Waals surface area contributed by atoms with Crippen LogP contribution in [0.2, 0.25) is 0 Å². The summed E-state index contributed by atoms with van der Waals surface area (Å²) >= 11 is 1.68. The number of benzene rings is 1. The van der Waals surface area contributed by atoms with Crippen molar-refractivity contribution in [2.75, 3.05) is 0 Å². The first kappa shape index (κ1) is 13.8. The van der Waals surface area contributed by atoms with Crippen molar-refractivity contribution in [3.63, 3.8) is 0 Å². The Balaban J connectivity index is 2.08. The Hall–Kier alpha value is -2.21. The third-order valence-corrected chi connectivity index (χ3v) is 4.84. The largest absolute Gasteiger partial charge is 0.478 e. The van der Waals surface area contributed by atoms with Gasteiger partial charge in [0, 0.05) is 11.1 Å². The van der Waals surface area contributed by atoms with Crippen LogP contribution >= 0.6 is 11.3 Å². The molecule has 0 aliphatic heterocycles. The number of nitrogens with zero attached hydrogens (tertiary/aromatic N) is 3. The smallest absolute Gasteiger partial charge is 0.337 e. The van der Waals surface area contributed by atoms with Gasteiger partial charge < -0.3 is 9.67 Å². The van der Waals surface area contributed by atoms with Crippen LogP contribution in [0.15, 0.2) is 30.7 Å². The Bertz CT molecular complexity index is 806. The molecule has 0 saturated carbocycles. The molecule has 0 fully saturated rings. The van der Waals surface area contributed by atoms with Crippen molar-refractivity contribution in [3.8, 4) is 0 Å². The van der Waals surface area contributed by atoms with Crippen LogP contribution in [0.3, 0.4) is 0 Å². The summed E-state index contributed by atoms with van der Waals surface area (Å²) in [6.07, 6.45) is 4.56. The number of aromatic nitrogens is 3. The zero-order valence-electron chi connectivity index (χ0n) is 11.8. The third-order valence-electron chi connectivity index (χ3n) is 3.53. The van der Waals surface area contributed by atoms with E-state index < -0.39 is 5.97 Å². The Morgan fingerprint density at radius 3 is 2.90 bits per heavy atom. The molecule has 2 heterocycles. The van der Waals surface area contributed by atoms with Crippen molar-refractivity contribution < 1.29 is 9.90 Å². The molecule has 0 aliphatic carbocycles. The van der Waals surface area contributed by atoms with Gasteiger partial charge in [0.2, 0.25) is 0 Å². The minimum absolute atomic E-state index is 0.0318. The number of fused-ring (bicyclic) bond motifs is 1. The van der Waals surface area contributed by atoms with Gasteiger partial charge in [-0.25, -0.2) is 14.8 Å². The quantitative estimate of drug-likeness (QED) is 0.802. The Morgan fingerprint density at radius 2 is 2.24 bits per heavy atom. The Labute approximate surface area is 125 Å². The number of aromatic carboxylic acids is 1. The topological polar surface area (TPSA) is 68.0 Å². The van der Waals surface area contributed by atoms with Crippen molar-refractivity contribution >= 4 is 28.3 Å². The molecule has 0 aliphatic rings. The van der Waals surface area contributed by atoms with Gasteiger partial charge in [-0.05, 0) is 25.5 Å². The summed E-state index contributed by atoms with van der Waals surface area (Å²) < 4.78 is 1.97. The van der Waals surface area contributed by atoms with Gasteiger partial charge in [-0.1, -0.05) is 13.0 Å². The lowest BCUT2D eigenvalue weighted by molar-refractivity contribution is 0.0699. The molecular formula is C15H15N3O2S. The lowest BCUT2D eigenvalue weighted by atomic mass is 10.2. The maximum atomic E-state index is 11.2. The molecule has 1 unspecified atom stereocenters. The molecule has 1 N–H and O–H groups in total. The molecule has 21 heavy (non-hydrogen) atoms. The molecule has 3 aromatic rings. The van der Waals surface area contributed by atoms with E-state index in [0.29, 0.717) is 5.52 Å². The predicted octanol–water partition coefficient (Wildman–Crippen LogP) is 3.36. The van der Waals surface area contributed by atoms with Gasteiger partial charge in [-0.3, -0.25) is 0 Å². The number of carboxylic acid groups (broad SMARTS) is 1. The van der Waals surface area contributed by atoms with E-state index in [2.05, 4.69) is 16.9 Å². The summed E-state index contributed by atoms with van der Waals surface area (Å²) in [5.41, 5.74) is 1.56. The second-order valence-electron chi connectivity index (χ2n) is 4.82. The third kappa shape index (κ3) is 2.31. The van der Waals surface area contributed by atoms with Crippen LogP contribution in [-0.4, -0.2) is 25.6 Å². The summed E-state index contributed by atoms with van der Waals surface area (Å²) in [4.78, 5) is 21.2. The fourth-order valence-corrected chi connectivity index (χ4v) is 3.24. The van der Waals surface area contributed by atoms with Gasteiger partial charge in [0.1, 0.15) is 10.5 Å². The van der Waals surface area contributed by atoms with Crippen molar-refractivity contribution in [1.29, 1.82) is 0 Å². The molecule has 1 atom stereocenters. The minimum Gasteiger partial charge on any atom is -0.478 e. The van der Waals surface area contributed by atoms with Crippen molar-refractivity contribution in [1.82, 2.24) is 14.5 Å². The second kappa shape index (κ2) is 5.29. The van der Waals surface area contributed by atoms with E-state index in [-0.39, 0.29) is 11.6 Å². The number of imidazole rings is 1. The van der Waals surface area contributed by atoms with E-state index in [1.807, 2.05) is 23.8 Å². The molecule has 0 radical (unpaired) electrons. The van der Waals surface area contributed by atoms with Crippen LogP contribution in [0.25, 0.3) is 11.0 Å². The summed E-state index contributed by atoms with van der Waals surface area (Å²) in [6, 6.07) is 5.24. The molecule has 1 aromatic carbocycles. The first-order valence-electron chi connectivity index (χ1n) is 6.75. The predicted molar refractivity (Wildman–Crippen MR) is 82.0 cm³/mol. The molecule has 108 valence electrons. The summed E-state index contributed by atoms with van der Waals surface area (Å²) in [6.45, 7) is 4.15. The molecular weight excluding hydrogens is 286 g/mol. The van der Waals surface area contributed by atoms with Gasteiger partial charge in [0.15, 0.2) is 0 Å². The van der Waals surface area contributed by atoms with Crippen LogP contribution in [0.1, 0.15) is 40.1 Å². The van der Waals surface area contributed by atoms with E-state index in [1.165, 1.54) is 4.88 Å². The highest BCUT2D eigenvalue weighted by molar-refractivity contribution is 7.11. The van der Waals surface area contributed by atoms with E-state index >= 15 is 0 Å². The van der Waals surface area contributed by atoms with Crippen LogP contribution < -0.4 is 0 Å². The highest BCUT2D eigenvalue weighted by Crippen LogP contribution is 2.28. The summed E-state index contributed by atoms with van der Waals surface area (Å²) in [5.74, 6) is -0.957. The molecule has 2 aromatic heterocycles. The molecule has 5 nitrogen and oxygen atoms in total. The Morgan fingerprint density at radius 1 is 1.43 bits per heavy atom. The van der Waals surface area contributed by atoms with Gasteiger partial charge in [0.25, 0.3) is 0 Å². The van der Waals surface area contributed by atoms with Gasteiger partial charge >= 0.3 is 5.97 Å². The highest BCUT2D eigenvalue weighted by atomic mass is 32.1. The Kier molecular flexibility index (Phi) is 3.47. The first-order valence-corrected chi connectivity index (χ1v) is 7.57. The van der Waals surface area contributed by atoms with E-state index in [9.17, 15) is 9.90 Å². The zero-order chi connectivity index (χ0) is 15.0. The first-order chi connectivity index (χ1) is 10.1. The fourth-order valence-electron chi connectivity index (χ4n) is 2.34. The minimum atomic E-state index is -0.957. The molecule has 0 saturated heterocycles. The fraction of sp³-hybridized carbons (Fsp3) is 0.267. The van der Waals surface area contributed by atoms with Crippen LogP contribution in [0, 0.1) is 0 Å². The van der Waals surface area contributed by atoms with Gasteiger partial charge in [0.05, 0.1) is 23.4 Å². The van der Waals surface area contributed by atoms with Crippen LogP contribution in [-0.2, 0) is 6.42 Å². The van der Waals surface area contributed by atoms with Crippen molar-refractivity contribution in [3.05, 3.63) is 46.2 Å². The van der Waals surface area contributed by atoms with Gasteiger partial charge in [-0.15, -0.1) is 11.3 Å². The standard InChI is InChI=1S/C15H15N3O2S/c1-3-10-7-16-14(21-10)9(2)18-8-17-13-11(15(19)20)5-4-6-12(13)18/h4-9H,3H2,1-2H3,(H,19,20). The number of carboxylic acids is 1. The number of carbonyl (C=O) groups is 1. The average Bonchev–Trinajstić information content (AvgIpc) is 3.12. The van der Waals surface area contributed by atoms with Crippen molar-refractivity contribution in [2.24, 2.45) is 0 Å². The molecule has 0 spiro atoms.